The second-order valence-electron chi connectivity index (χ2n) is 4.88. The number of carbonyl (C=O) groups excluding carboxylic acids is 1. The SMILES string of the molecule is CS(=O)(=O)c1ccc(C(=O)OCc2ccccc2Cl)cc1[N+](=O)[O-]. The topological polar surface area (TPSA) is 104 Å². The summed E-state index contributed by atoms with van der Waals surface area (Å²) in [7, 11) is -3.79. The first-order valence-electron chi connectivity index (χ1n) is 6.59. The lowest BCUT2D eigenvalue weighted by atomic mass is 10.2. The van der Waals surface area contributed by atoms with Crippen molar-refractivity contribution in [1.82, 2.24) is 0 Å². The average molecular weight is 370 g/mol. The molecule has 0 unspecified atom stereocenters. The molecular formula is C15H12ClNO6S. The van der Waals surface area contributed by atoms with Crippen LogP contribution in [0.4, 0.5) is 5.69 Å². The minimum atomic E-state index is -3.79. The van der Waals surface area contributed by atoms with Gasteiger partial charge in [-0.25, -0.2) is 13.2 Å². The molecule has 2 rings (SSSR count). The standard InChI is InChI=1S/C15H12ClNO6S/c1-24(21,22)14-7-6-10(8-13(14)17(19)20)15(18)23-9-11-4-2-3-5-12(11)16/h2-8H,9H2,1H3. The molecule has 24 heavy (non-hydrogen) atoms. The lowest BCUT2D eigenvalue weighted by molar-refractivity contribution is -0.387. The Morgan fingerprint density at radius 2 is 1.92 bits per heavy atom. The monoisotopic (exact) mass is 369 g/mol. The number of nitro groups is 1. The highest BCUT2D eigenvalue weighted by atomic mass is 35.5. The molecule has 9 heteroatoms. The Morgan fingerprint density at radius 3 is 2.50 bits per heavy atom. The Bertz CT molecular complexity index is 910. The molecule has 0 N–H and O–H groups in total. The summed E-state index contributed by atoms with van der Waals surface area (Å²) >= 11 is 5.94. The number of nitrogens with zero attached hydrogens (tertiary/aromatic N) is 1. The summed E-state index contributed by atoms with van der Waals surface area (Å²) in [6, 6.07) is 9.81. The van der Waals surface area contributed by atoms with Gasteiger partial charge in [-0.2, -0.15) is 0 Å². The van der Waals surface area contributed by atoms with Crippen molar-refractivity contribution in [2.75, 3.05) is 6.26 Å². The summed E-state index contributed by atoms with van der Waals surface area (Å²) in [5, 5.41) is 11.5. The van der Waals surface area contributed by atoms with Crippen molar-refractivity contribution in [2.24, 2.45) is 0 Å². The van der Waals surface area contributed by atoms with Crippen LogP contribution in [0, 0.1) is 10.1 Å². The van der Waals surface area contributed by atoms with E-state index in [0.29, 0.717) is 10.6 Å². The summed E-state index contributed by atoms with van der Waals surface area (Å²) in [5.74, 6) is -0.821. The van der Waals surface area contributed by atoms with E-state index in [1.54, 1.807) is 24.3 Å². The van der Waals surface area contributed by atoms with E-state index in [0.717, 1.165) is 24.5 Å². The number of halogens is 1. The van der Waals surface area contributed by atoms with Crippen LogP contribution in [-0.2, 0) is 21.2 Å². The summed E-state index contributed by atoms with van der Waals surface area (Å²) in [4.78, 5) is 21.7. The molecule has 0 amide bonds. The lowest BCUT2D eigenvalue weighted by Gasteiger charge is -2.07. The molecule has 0 saturated carbocycles. The van der Waals surface area contributed by atoms with Gasteiger partial charge in [0.25, 0.3) is 5.69 Å². The molecule has 126 valence electrons. The quantitative estimate of drug-likeness (QED) is 0.456. The number of benzene rings is 2. The van der Waals surface area contributed by atoms with Gasteiger partial charge in [0.05, 0.1) is 10.5 Å². The molecule has 2 aromatic carbocycles. The summed E-state index contributed by atoms with van der Waals surface area (Å²) in [6.07, 6.45) is 0.852. The van der Waals surface area contributed by atoms with Crippen molar-refractivity contribution in [2.45, 2.75) is 11.5 Å². The van der Waals surface area contributed by atoms with Gasteiger partial charge in [-0.1, -0.05) is 29.8 Å². The van der Waals surface area contributed by atoms with Crippen LogP contribution >= 0.6 is 11.6 Å². The number of sulfone groups is 1. The van der Waals surface area contributed by atoms with Gasteiger partial charge in [-0.15, -0.1) is 0 Å². The molecule has 0 heterocycles. The van der Waals surface area contributed by atoms with E-state index in [-0.39, 0.29) is 12.2 Å². The van der Waals surface area contributed by atoms with Gasteiger partial charge in [0.15, 0.2) is 9.84 Å². The highest BCUT2D eigenvalue weighted by Crippen LogP contribution is 2.25. The number of ether oxygens (including phenoxy) is 1. The van der Waals surface area contributed by atoms with Gasteiger partial charge >= 0.3 is 5.97 Å². The van der Waals surface area contributed by atoms with E-state index >= 15 is 0 Å². The van der Waals surface area contributed by atoms with Crippen LogP contribution in [0.5, 0.6) is 0 Å². The minimum absolute atomic E-state index is 0.111. The maximum atomic E-state index is 12.0. The van der Waals surface area contributed by atoms with Gasteiger partial charge in [0.2, 0.25) is 0 Å². The van der Waals surface area contributed by atoms with Crippen LogP contribution in [-0.4, -0.2) is 25.6 Å². The Balaban J connectivity index is 2.26. The molecule has 0 bridgehead atoms. The van der Waals surface area contributed by atoms with Crippen LogP contribution in [0.15, 0.2) is 47.4 Å². The predicted octanol–water partition coefficient (Wildman–Crippen LogP) is 3.01. The summed E-state index contributed by atoms with van der Waals surface area (Å²) in [5.41, 5.74) is -0.222. The molecule has 0 radical (unpaired) electrons. The van der Waals surface area contributed by atoms with Crippen molar-refractivity contribution in [3.8, 4) is 0 Å². The van der Waals surface area contributed by atoms with Crippen molar-refractivity contribution in [3.63, 3.8) is 0 Å². The number of nitro benzene ring substituents is 1. The molecule has 0 aromatic heterocycles. The van der Waals surface area contributed by atoms with E-state index in [1.807, 2.05) is 0 Å². The Kier molecular flexibility index (Phi) is 5.20. The van der Waals surface area contributed by atoms with Gasteiger partial charge < -0.3 is 4.74 Å². The Hall–Kier alpha value is -2.45. The minimum Gasteiger partial charge on any atom is -0.457 e. The van der Waals surface area contributed by atoms with E-state index in [4.69, 9.17) is 16.3 Å². The maximum absolute atomic E-state index is 12.0. The van der Waals surface area contributed by atoms with E-state index in [1.165, 1.54) is 0 Å². The third-order valence-electron chi connectivity index (χ3n) is 3.11. The van der Waals surface area contributed by atoms with Crippen LogP contribution in [0.2, 0.25) is 5.02 Å². The molecule has 0 fully saturated rings. The van der Waals surface area contributed by atoms with Gasteiger partial charge in [0.1, 0.15) is 11.5 Å². The first-order chi connectivity index (χ1) is 11.2. The van der Waals surface area contributed by atoms with Crippen LogP contribution in [0.25, 0.3) is 0 Å². The number of rotatable bonds is 5. The van der Waals surface area contributed by atoms with Gasteiger partial charge in [-0.05, 0) is 18.2 Å². The second-order valence-corrected chi connectivity index (χ2v) is 7.27. The average Bonchev–Trinajstić information content (AvgIpc) is 2.52. The first-order valence-corrected chi connectivity index (χ1v) is 8.86. The normalized spacial score (nSPS) is 11.1. The second kappa shape index (κ2) is 6.98. The van der Waals surface area contributed by atoms with Crippen molar-refractivity contribution < 1.29 is 22.9 Å². The molecule has 0 aliphatic rings. The fourth-order valence-corrected chi connectivity index (χ4v) is 2.96. The summed E-state index contributed by atoms with van der Waals surface area (Å²) in [6.45, 7) is -0.111. The third kappa shape index (κ3) is 4.09. The number of hydrogen-bond donors (Lipinski definition) is 0. The number of esters is 1. The highest BCUT2D eigenvalue weighted by Gasteiger charge is 2.24. The molecule has 0 aliphatic heterocycles. The van der Waals surface area contributed by atoms with E-state index in [9.17, 15) is 23.3 Å². The van der Waals surface area contributed by atoms with Crippen LogP contribution in [0.3, 0.4) is 0 Å². The first kappa shape index (κ1) is 17.9. The fourth-order valence-electron chi connectivity index (χ4n) is 1.94. The molecule has 0 aliphatic carbocycles. The van der Waals surface area contributed by atoms with E-state index in [2.05, 4.69) is 0 Å². The maximum Gasteiger partial charge on any atom is 0.338 e. The zero-order valence-electron chi connectivity index (χ0n) is 12.4. The lowest BCUT2D eigenvalue weighted by Crippen LogP contribution is -2.08. The predicted molar refractivity (Wildman–Crippen MR) is 86.8 cm³/mol. The summed E-state index contributed by atoms with van der Waals surface area (Å²) < 4.78 is 28.2. The number of hydrogen-bond acceptors (Lipinski definition) is 6. The smallest absolute Gasteiger partial charge is 0.338 e. The highest BCUT2D eigenvalue weighted by molar-refractivity contribution is 7.90. The fraction of sp³-hybridized carbons (Fsp3) is 0.133. The van der Waals surface area contributed by atoms with Crippen LogP contribution < -0.4 is 0 Å². The van der Waals surface area contributed by atoms with Crippen molar-refractivity contribution in [3.05, 3.63) is 68.7 Å². The molecular weight excluding hydrogens is 358 g/mol. The van der Waals surface area contributed by atoms with Crippen molar-refractivity contribution >= 4 is 33.1 Å². The molecule has 7 nitrogen and oxygen atoms in total. The van der Waals surface area contributed by atoms with E-state index < -0.39 is 31.3 Å². The van der Waals surface area contributed by atoms with Gasteiger partial charge in [-0.3, -0.25) is 10.1 Å². The molecule has 2 aromatic rings. The largest absolute Gasteiger partial charge is 0.457 e. The molecule has 0 spiro atoms. The Morgan fingerprint density at radius 1 is 1.25 bits per heavy atom. The Labute approximate surface area is 142 Å². The molecule has 0 atom stereocenters. The van der Waals surface area contributed by atoms with Gasteiger partial charge in [0, 0.05) is 22.9 Å². The zero-order chi connectivity index (χ0) is 17.9. The number of carbonyl (C=O) groups is 1. The zero-order valence-corrected chi connectivity index (χ0v) is 14.0. The van der Waals surface area contributed by atoms with Crippen LogP contribution in [0.1, 0.15) is 15.9 Å². The molecule has 0 saturated heterocycles. The van der Waals surface area contributed by atoms with Crippen molar-refractivity contribution in [1.29, 1.82) is 0 Å². The third-order valence-corrected chi connectivity index (χ3v) is 4.62.